The predicted molar refractivity (Wildman–Crippen MR) is 158 cm³/mol. The van der Waals surface area contributed by atoms with E-state index in [1.54, 1.807) is 44.1 Å². The van der Waals surface area contributed by atoms with Gasteiger partial charge in [-0.3, -0.25) is 4.90 Å². The van der Waals surface area contributed by atoms with Crippen LogP contribution in [0.2, 0.25) is 5.02 Å². The van der Waals surface area contributed by atoms with Gasteiger partial charge in [0.2, 0.25) is 0 Å². The molecule has 0 bridgehead atoms. The van der Waals surface area contributed by atoms with Crippen molar-refractivity contribution in [2.45, 2.75) is 52.2 Å². The smallest absolute Gasteiger partial charge is 0.251 e. The molecule has 1 aromatic heterocycles. The molecule has 1 aliphatic heterocycles. The minimum atomic E-state index is -2.35. The third kappa shape index (κ3) is 6.80. The highest BCUT2D eigenvalue weighted by Gasteiger charge is 2.54. The summed E-state index contributed by atoms with van der Waals surface area (Å²) in [6.07, 6.45) is -1.34. The number of aliphatic hydroxyl groups is 2. The van der Waals surface area contributed by atoms with Crippen LogP contribution in [0.15, 0.2) is 24.0 Å². The molecule has 0 unspecified atom stereocenters. The molecule has 1 spiro atoms. The second-order valence-electron chi connectivity index (χ2n) is 11.3. The summed E-state index contributed by atoms with van der Waals surface area (Å²) in [5.74, 6) is 1.45. The molecule has 2 aliphatic rings. The van der Waals surface area contributed by atoms with Crippen molar-refractivity contribution >= 4 is 28.7 Å². The molecule has 2 fully saturated rings. The van der Waals surface area contributed by atoms with E-state index in [0.717, 1.165) is 31.5 Å². The molecule has 0 amide bonds. The Kier molecular flexibility index (Phi) is 9.52. The molecular weight excluding hydrogens is 554 g/mol. The zero-order valence-electron chi connectivity index (χ0n) is 24.1. The Morgan fingerprint density at radius 3 is 2.56 bits per heavy atom. The van der Waals surface area contributed by atoms with E-state index in [9.17, 15) is 19.0 Å². The summed E-state index contributed by atoms with van der Waals surface area (Å²) in [6, 6.07) is 5.24. The van der Waals surface area contributed by atoms with E-state index < -0.39 is 12.5 Å². The van der Waals surface area contributed by atoms with Gasteiger partial charge in [0, 0.05) is 47.9 Å². The summed E-state index contributed by atoms with van der Waals surface area (Å²) in [6.45, 7) is 6.68. The number of alkyl halides is 2. The van der Waals surface area contributed by atoms with Crippen molar-refractivity contribution in [3.63, 3.8) is 0 Å². The topological polar surface area (TPSA) is 118 Å². The minimum absolute atomic E-state index is 0.0260. The van der Waals surface area contributed by atoms with Gasteiger partial charge >= 0.3 is 0 Å². The van der Waals surface area contributed by atoms with Crippen molar-refractivity contribution in [1.29, 1.82) is 5.41 Å². The number of nitrogens with one attached hydrogen (secondary N) is 2. The lowest BCUT2D eigenvalue weighted by Crippen LogP contribution is -2.66. The number of ether oxygens (including phenoxy) is 1. The van der Waals surface area contributed by atoms with Crippen LogP contribution in [0.3, 0.4) is 0 Å². The van der Waals surface area contributed by atoms with Gasteiger partial charge in [0.15, 0.2) is 5.82 Å². The Morgan fingerprint density at radius 1 is 1.29 bits per heavy atom. The maximum absolute atomic E-state index is 12.8. The fourth-order valence-corrected chi connectivity index (χ4v) is 6.04. The number of aliphatic hydroxyl groups excluding tert-OH is 2. The van der Waals surface area contributed by atoms with Gasteiger partial charge < -0.3 is 30.6 Å². The Labute approximate surface area is 244 Å². The quantitative estimate of drug-likeness (QED) is 0.209. The maximum Gasteiger partial charge on any atom is 0.251 e. The first-order valence-corrected chi connectivity index (χ1v) is 14.0. The monoisotopic (exact) mass is 592 g/mol. The van der Waals surface area contributed by atoms with Gasteiger partial charge in [-0.1, -0.05) is 11.6 Å². The summed E-state index contributed by atoms with van der Waals surface area (Å²) in [4.78, 5) is 13.6. The summed E-state index contributed by atoms with van der Waals surface area (Å²) >= 11 is 6.61. The molecule has 9 nitrogen and oxygen atoms in total. The van der Waals surface area contributed by atoms with E-state index in [1.807, 2.05) is 6.92 Å². The van der Waals surface area contributed by atoms with E-state index >= 15 is 0 Å². The third-order valence-corrected chi connectivity index (χ3v) is 8.22. The van der Waals surface area contributed by atoms with Gasteiger partial charge in [-0.25, -0.2) is 18.7 Å². The van der Waals surface area contributed by atoms with Gasteiger partial charge in [-0.2, -0.15) is 0 Å². The standard InChI is InChI=1S/C29H39ClF2N6O3/c1-16-26(25(17(2)33)18(3)39)35-27(22-8-21(6-7-23(22)30)41-13-20(40)11-34-4)36-28(16)38-14-29(15-38)9-19(10-29)37(5)12-24(31)32/h6-8,19-20,24,33-34,39-40H,9-15H2,1-5H3/b25-18+,33-17?/t20-/m1/s1. The van der Waals surface area contributed by atoms with E-state index in [2.05, 4.69) is 10.2 Å². The fourth-order valence-electron chi connectivity index (χ4n) is 5.84. The highest BCUT2D eigenvalue weighted by Crippen LogP contribution is 2.51. The van der Waals surface area contributed by atoms with E-state index in [-0.39, 0.29) is 36.1 Å². The second-order valence-corrected chi connectivity index (χ2v) is 11.7. The molecule has 41 heavy (non-hydrogen) atoms. The SMILES string of the molecule is CNC[C@@H](O)COc1ccc(Cl)c(-c2nc(/C(C(C)=N)=C(\C)O)c(C)c(N3CC4(CC(N(C)CC(F)F)C4)C3)n2)c1. The summed E-state index contributed by atoms with van der Waals surface area (Å²) in [5, 5.41) is 32.1. The average Bonchev–Trinajstić information content (AvgIpc) is 2.83. The molecule has 1 aromatic carbocycles. The second kappa shape index (κ2) is 12.6. The van der Waals surface area contributed by atoms with Crippen molar-refractivity contribution in [3.8, 4) is 17.1 Å². The van der Waals surface area contributed by atoms with E-state index in [4.69, 9.17) is 31.7 Å². The van der Waals surface area contributed by atoms with Crippen LogP contribution < -0.4 is 15.0 Å². The number of hydrogen-bond acceptors (Lipinski definition) is 9. The predicted octanol–water partition coefficient (Wildman–Crippen LogP) is 4.56. The first-order chi connectivity index (χ1) is 19.3. The lowest BCUT2D eigenvalue weighted by atomic mass is 9.60. The molecular formula is C29H39ClF2N6O3. The van der Waals surface area contributed by atoms with Crippen LogP contribution in [0.4, 0.5) is 14.6 Å². The van der Waals surface area contributed by atoms with Gasteiger partial charge in [0.1, 0.15) is 30.0 Å². The first kappa shape index (κ1) is 31.1. The van der Waals surface area contributed by atoms with Crippen LogP contribution in [-0.4, -0.2) is 96.2 Å². The highest BCUT2D eigenvalue weighted by atomic mass is 35.5. The van der Waals surface area contributed by atoms with E-state index in [1.165, 1.54) is 6.92 Å². The van der Waals surface area contributed by atoms with E-state index in [0.29, 0.717) is 45.8 Å². The van der Waals surface area contributed by atoms with Gasteiger partial charge in [0.25, 0.3) is 6.43 Å². The first-order valence-electron chi connectivity index (χ1n) is 13.7. The number of nitrogens with zero attached hydrogens (tertiary/aromatic N) is 4. The summed E-state index contributed by atoms with van der Waals surface area (Å²) in [5.41, 5.74) is 2.21. The zero-order chi connectivity index (χ0) is 30.1. The number of halogens is 3. The third-order valence-electron chi connectivity index (χ3n) is 7.89. The van der Waals surface area contributed by atoms with Gasteiger partial charge in [0.05, 0.1) is 22.8 Å². The number of aromatic nitrogens is 2. The molecule has 0 radical (unpaired) electrons. The summed E-state index contributed by atoms with van der Waals surface area (Å²) in [7, 11) is 3.50. The Balaban J connectivity index is 1.66. The van der Waals surface area contributed by atoms with Crippen LogP contribution in [-0.2, 0) is 0 Å². The number of allylic oxidation sites excluding steroid dienone is 2. The molecule has 1 atom stereocenters. The Hall–Kier alpha value is -2.86. The molecule has 2 aromatic rings. The molecule has 1 aliphatic carbocycles. The van der Waals surface area contributed by atoms with Crippen LogP contribution in [0, 0.1) is 17.7 Å². The molecule has 4 N–H and O–H groups in total. The van der Waals surface area contributed by atoms with Crippen LogP contribution in [0.25, 0.3) is 17.0 Å². The summed E-state index contributed by atoms with van der Waals surface area (Å²) < 4.78 is 31.5. The zero-order valence-corrected chi connectivity index (χ0v) is 24.9. The maximum atomic E-state index is 12.8. The van der Waals surface area contributed by atoms with Gasteiger partial charge in [-0.15, -0.1) is 0 Å². The van der Waals surface area contributed by atoms with Crippen molar-refractivity contribution in [3.05, 3.63) is 40.2 Å². The fraction of sp³-hybridized carbons (Fsp3) is 0.552. The van der Waals surface area contributed by atoms with Crippen molar-refractivity contribution in [1.82, 2.24) is 20.2 Å². The van der Waals surface area contributed by atoms with Gasteiger partial charge in [-0.05, 0) is 65.9 Å². The van der Waals surface area contributed by atoms with Crippen LogP contribution in [0.5, 0.6) is 5.75 Å². The molecule has 4 rings (SSSR count). The lowest BCUT2D eigenvalue weighted by Gasteiger charge is -2.61. The number of likely N-dealkylation sites (N-methyl/N-ethyl adjacent to an activating group) is 1. The van der Waals surface area contributed by atoms with Crippen molar-refractivity contribution in [2.75, 3.05) is 51.8 Å². The number of hydrogen-bond donors (Lipinski definition) is 4. The molecule has 2 heterocycles. The molecule has 1 saturated heterocycles. The number of rotatable bonds is 12. The largest absolute Gasteiger partial charge is 0.512 e. The number of anilines is 1. The Bertz CT molecular complexity index is 1310. The van der Waals surface area contributed by atoms with Crippen molar-refractivity contribution < 1.29 is 23.7 Å². The van der Waals surface area contributed by atoms with Crippen LogP contribution in [0.1, 0.15) is 37.9 Å². The minimum Gasteiger partial charge on any atom is -0.512 e. The lowest BCUT2D eigenvalue weighted by molar-refractivity contribution is -0.0292. The van der Waals surface area contributed by atoms with Crippen molar-refractivity contribution in [2.24, 2.45) is 5.41 Å². The number of benzene rings is 1. The highest BCUT2D eigenvalue weighted by molar-refractivity contribution is 6.33. The Morgan fingerprint density at radius 2 is 1.98 bits per heavy atom. The molecule has 1 saturated carbocycles. The molecule has 224 valence electrons. The van der Waals surface area contributed by atoms with Crippen LogP contribution >= 0.6 is 11.6 Å². The average molecular weight is 593 g/mol. The molecule has 12 heteroatoms. The normalized spacial score (nSPS) is 17.9.